The van der Waals surface area contributed by atoms with E-state index in [1.54, 1.807) is 19.1 Å². The van der Waals surface area contributed by atoms with Crippen LogP contribution in [0.5, 0.6) is 0 Å². The molecule has 2 aromatic rings. The smallest absolute Gasteiger partial charge is 0.353 e. The number of ketones is 1. The average molecular weight is 561 g/mol. The summed E-state index contributed by atoms with van der Waals surface area (Å²) < 4.78 is 40.3. The van der Waals surface area contributed by atoms with Crippen molar-refractivity contribution < 1.29 is 27.6 Å². The molecule has 41 heavy (non-hydrogen) atoms. The van der Waals surface area contributed by atoms with Gasteiger partial charge in [-0.2, -0.15) is 23.7 Å². The number of benzene rings is 1. The number of hydrogen-bond donors (Lipinski definition) is 1. The van der Waals surface area contributed by atoms with E-state index in [1.165, 1.54) is 19.1 Å². The van der Waals surface area contributed by atoms with Gasteiger partial charge < -0.3 is 5.32 Å². The number of amides is 2. The lowest BCUT2D eigenvalue weighted by atomic mass is 9.73. The number of anilines is 1. The van der Waals surface area contributed by atoms with E-state index < -0.39 is 35.3 Å². The van der Waals surface area contributed by atoms with Gasteiger partial charge in [-0.15, -0.1) is 0 Å². The van der Waals surface area contributed by atoms with Crippen molar-refractivity contribution in [3.63, 3.8) is 0 Å². The maximum absolute atomic E-state index is 14.0. The fourth-order valence-electron chi connectivity index (χ4n) is 5.01. The molecule has 2 aliphatic rings. The van der Waals surface area contributed by atoms with Gasteiger partial charge in [-0.3, -0.25) is 19.3 Å². The first-order valence-electron chi connectivity index (χ1n) is 13.2. The lowest BCUT2D eigenvalue weighted by molar-refractivity contribution is -0.138. The normalized spacial score (nSPS) is 19.6. The van der Waals surface area contributed by atoms with Crippen LogP contribution in [0.1, 0.15) is 68.6 Å². The Balaban J connectivity index is 1.69. The number of alkyl halides is 3. The van der Waals surface area contributed by atoms with Gasteiger partial charge in [-0.25, -0.2) is 0 Å². The van der Waals surface area contributed by atoms with Crippen molar-refractivity contribution in [3.8, 4) is 12.1 Å². The van der Waals surface area contributed by atoms with Crippen LogP contribution in [0.25, 0.3) is 0 Å². The number of rotatable bonds is 9. The Bertz CT molecular complexity index is 1460. The number of hydrogen-bond acceptors (Lipinski definition) is 5. The Morgan fingerprint density at radius 2 is 1.85 bits per heavy atom. The highest BCUT2D eigenvalue weighted by atomic mass is 19.4. The van der Waals surface area contributed by atoms with E-state index in [1.807, 2.05) is 12.1 Å². The molecule has 0 aromatic heterocycles. The van der Waals surface area contributed by atoms with Crippen LogP contribution in [-0.4, -0.2) is 23.6 Å². The summed E-state index contributed by atoms with van der Waals surface area (Å²) in [4.78, 5) is 41.0. The summed E-state index contributed by atoms with van der Waals surface area (Å²) in [5, 5.41) is 22.3. The van der Waals surface area contributed by atoms with Gasteiger partial charge in [0.15, 0.2) is 0 Å². The minimum absolute atomic E-state index is 0.0474. The first kappa shape index (κ1) is 29.4. The zero-order valence-corrected chi connectivity index (χ0v) is 22.5. The molecule has 1 N–H and O–H groups in total. The predicted octanol–water partition coefficient (Wildman–Crippen LogP) is 5.38. The quantitative estimate of drug-likeness (QED) is 0.414. The third-order valence-electron chi connectivity index (χ3n) is 7.44. The van der Waals surface area contributed by atoms with Gasteiger partial charge in [0.1, 0.15) is 17.3 Å². The Hall–Kier alpha value is -4.62. The van der Waals surface area contributed by atoms with Crippen LogP contribution in [-0.2, 0) is 20.6 Å². The number of nitrogens with zero attached hydrogens (tertiary/aromatic N) is 3. The lowest BCUT2D eigenvalue weighted by Gasteiger charge is -2.38. The standard InChI is InChI=1S/C31H27F3N4O3/c1-18(29(40)37-23-13-14-23)5-3-8-26(39)28-27(21-11-9-20(16-35)10-12-21)25(17-36)19(2)38(30(28)41)24-7-4-6-22(15-24)31(32,33)34/h7,9-12,15,18,23,27-28H,3,5,8,13-14H2,1-2H3,(H,37,40)/t18-,27?,28?/m1/s1. The number of allylic oxidation sites excluding steroid dienone is 2. The molecule has 1 aliphatic carbocycles. The molecular weight excluding hydrogens is 533 g/mol. The zero-order valence-electron chi connectivity index (χ0n) is 22.5. The number of nitriles is 2. The highest BCUT2D eigenvalue weighted by Crippen LogP contribution is 2.43. The first-order chi connectivity index (χ1) is 19.5. The van der Waals surface area contributed by atoms with Crippen molar-refractivity contribution in [2.24, 2.45) is 11.8 Å². The highest BCUT2D eigenvalue weighted by molar-refractivity contribution is 6.12. The van der Waals surface area contributed by atoms with E-state index in [0.717, 1.165) is 29.9 Å². The maximum Gasteiger partial charge on any atom is 0.424 e. The molecule has 4 rings (SSSR count). The molecular formula is C31H27F3N4O3. The van der Waals surface area contributed by atoms with Gasteiger partial charge in [-0.1, -0.05) is 31.2 Å². The van der Waals surface area contributed by atoms with Gasteiger partial charge in [-0.05, 0) is 56.4 Å². The highest BCUT2D eigenvalue weighted by Gasteiger charge is 2.46. The summed E-state index contributed by atoms with van der Waals surface area (Å²) >= 11 is 0. The predicted molar refractivity (Wildman–Crippen MR) is 141 cm³/mol. The minimum Gasteiger partial charge on any atom is -0.353 e. The molecule has 7 nitrogen and oxygen atoms in total. The molecule has 1 saturated carbocycles. The van der Waals surface area contributed by atoms with Crippen molar-refractivity contribution in [2.75, 3.05) is 4.90 Å². The molecule has 0 saturated heterocycles. The van der Waals surface area contributed by atoms with Gasteiger partial charge in [0.25, 0.3) is 0 Å². The molecule has 1 fully saturated rings. The summed E-state index contributed by atoms with van der Waals surface area (Å²) in [5.74, 6) is -4.11. The van der Waals surface area contributed by atoms with E-state index in [9.17, 15) is 38.1 Å². The molecule has 0 bridgehead atoms. The summed E-state index contributed by atoms with van der Waals surface area (Å²) in [5.41, 5.74) is -0.404. The van der Waals surface area contributed by atoms with Gasteiger partial charge >= 0.3 is 6.18 Å². The second-order valence-corrected chi connectivity index (χ2v) is 10.4. The van der Waals surface area contributed by atoms with Crippen LogP contribution >= 0.6 is 0 Å². The third kappa shape index (κ3) is 6.42. The van der Waals surface area contributed by atoms with Crippen molar-refractivity contribution >= 4 is 23.3 Å². The number of nitrogens with one attached hydrogen (secondary N) is 1. The van der Waals surface area contributed by atoms with Crippen LogP contribution in [0.15, 0.2) is 47.7 Å². The molecule has 1 heterocycles. The van der Waals surface area contributed by atoms with Crippen LogP contribution in [0, 0.1) is 46.6 Å². The molecule has 2 unspecified atom stereocenters. The summed E-state index contributed by atoms with van der Waals surface area (Å²) in [6, 6.07) is 16.6. The Kier molecular flexibility index (Phi) is 8.49. The number of carbonyl (C=O) groups excluding carboxylic acids is 3. The molecule has 2 amide bonds. The average Bonchev–Trinajstić information content (AvgIpc) is 3.76. The lowest BCUT2D eigenvalue weighted by Crippen LogP contribution is -2.46. The Labute approximate surface area is 236 Å². The Morgan fingerprint density at radius 1 is 1.17 bits per heavy atom. The third-order valence-corrected chi connectivity index (χ3v) is 7.44. The van der Waals surface area contributed by atoms with Crippen LogP contribution in [0.3, 0.4) is 0 Å². The summed E-state index contributed by atoms with van der Waals surface area (Å²) in [6.07, 6.45) is -2.22. The van der Waals surface area contributed by atoms with E-state index in [0.29, 0.717) is 24.0 Å². The second kappa shape index (κ2) is 11.9. The van der Waals surface area contributed by atoms with Gasteiger partial charge in [0.2, 0.25) is 11.8 Å². The monoisotopic (exact) mass is 560 g/mol. The fraction of sp³-hybridized carbons (Fsp3) is 0.387. The summed E-state index contributed by atoms with van der Waals surface area (Å²) in [6.45, 7) is 3.20. The van der Waals surface area contributed by atoms with E-state index in [2.05, 4.69) is 17.5 Å². The maximum atomic E-state index is 14.0. The SMILES string of the molecule is CC1=C(C#N)C(c2ccc(C#N)cc2)C(C(=O)CCC[C@@H](C)C(=O)NC2CC2)C(=O)N1c1cc#cc(C(F)(F)F)c1. The topological polar surface area (TPSA) is 114 Å². The van der Waals surface area contributed by atoms with E-state index in [4.69, 9.17) is 0 Å². The van der Waals surface area contributed by atoms with Crippen molar-refractivity contribution in [3.05, 3.63) is 76.5 Å². The molecule has 0 spiro atoms. The second-order valence-electron chi connectivity index (χ2n) is 10.4. The van der Waals surface area contributed by atoms with E-state index in [-0.39, 0.29) is 41.2 Å². The molecule has 1 aliphatic heterocycles. The molecule has 210 valence electrons. The largest absolute Gasteiger partial charge is 0.424 e. The Morgan fingerprint density at radius 3 is 2.44 bits per heavy atom. The van der Waals surface area contributed by atoms with Crippen LogP contribution in [0.4, 0.5) is 18.9 Å². The number of Topliss-reactive ketones (excluding diaryl/α,β-unsaturated/α-hetero) is 1. The summed E-state index contributed by atoms with van der Waals surface area (Å²) in [7, 11) is 0. The number of carbonyl (C=O) groups is 3. The van der Waals surface area contributed by atoms with Crippen LogP contribution < -0.4 is 10.2 Å². The van der Waals surface area contributed by atoms with Gasteiger partial charge in [0, 0.05) is 36.1 Å². The molecule has 3 atom stereocenters. The minimum atomic E-state index is -4.75. The molecule has 2 aromatic carbocycles. The van der Waals surface area contributed by atoms with Crippen molar-refractivity contribution in [2.45, 2.75) is 64.1 Å². The van der Waals surface area contributed by atoms with Crippen LogP contribution in [0.2, 0.25) is 0 Å². The number of halogens is 3. The zero-order chi connectivity index (χ0) is 29.9. The fourth-order valence-corrected chi connectivity index (χ4v) is 5.01. The molecule has 0 radical (unpaired) electrons. The van der Waals surface area contributed by atoms with Crippen molar-refractivity contribution in [1.29, 1.82) is 10.5 Å². The molecule has 10 heteroatoms. The first-order valence-corrected chi connectivity index (χ1v) is 13.2. The van der Waals surface area contributed by atoms with Crippen molar-refractivity contribution in [1.82, 2.24) is 5.32 Å². The van der Waals surface area contributed by atoms with Gasteiger partial charge in [0.05, 0.1) is 29.0 Å². The van der Waals surface area contributed by atoms with E-state index >= 15 is 0 Å².